The van der Waals surface area contributed by atoms with Gasteiger partial charge in [-0.1, -0.05) is 11.6 Å². The quantitative estimate of drug-likeness (QED) is 0.689. The lowest BCUT2D eigenvalue weighted by Gasteiger charge is -2.19. The van der Waals surface area contributed by atoms with Crippen molar-refractivity contribution >= 4 is 0 Å². The molecule has 13 heavy (non-hydrogen) atoms. The van der Waals surface area contributed by atoms with E-state index in [9.17, 15) is 0 Å². The van der Waals surface area contributed by atoms with E-state index in [1.54, 1.807) is 0 Å². The molecule has 2 heterocycles. The fraction of sp³-hybridized carbons (Fsp3) is 0.750. The molecular formula is C8H14N4O. The average molecular weight is 182 g/mol. The molecule has 0 aliphatic carbocycles. The van der Waals surface area contributed by atoms with Crippen LogP contribution in [0.2, 0.25) is 0 Å². The van der Waals surface area contributed by atoms with Gasteiger partial charge in [0.25, 0.3) is 0 Å². The summed E-state index contributed by atoms with van der Waals surface area (Å²) in [7, 11) is 0. The van der Waals surface area contributed by atoms with Crippen LogP contribution in [-0.2, 0) is 6.54 Å². The van der Waals surface area contributed by atoms with E-state index < -0.39 is 0 Å². The molecule has 0 bridgehead atoms. The molecule has 1 aliphatic heterocycles. The van der Waals surface area contributed by atoms with Crippen molar-refractivity contribution in [2.75, 3.05) is 6.54 Å². The van der Waals surface area contributed by atoms with Crippen molar-refractivity contribution in [1.29, 1.82) is 0 Å². The van der Waals surface area contributed by atoms with E-state index in [1.807, 2.05) is 0 Å². The van der Waals surface area contributed by atoms with Gasteiger partial charge in [-0.2, -0.15) is 4.98 Å². The summed E-state index contributed by atoms with van der Waals surface area (Å²) in [5.74, 6) is 1.27. The maximum absolute atomic E-state index is 5.39. The first-order chi connectivity index (χ1) is 6.40. The van der Waals surface area contributed by atoms with E-state index in [2.05, 4.69) is 15.5 Å². The van der Waals surface area contributed by atoms with Crippen molar-refractivity contribution in [2.45, 2.75) is 31.8 Å². The summed E-state index contributed by atoms with van der Waals surface area (Å²) >= 11 is 0. The van der Waals surface area contributed by atoms with E-state index >= 15 is 0 Å². The van der Waals surface area contributed by atoms with Gasteiger partial charge in [-0.05, 0) is 19.4 Å². The second-order valence-electron chi connectivity index (χ2n) is 3.26. The molecule has 5 nitrogen and oxygen atoms in total. The molecule has 1 fully saturated rings. The molecule has 3 N–H and O–H groups in total. The smallest absolute Gasteiger partial charge is 0.243 e. The van der Waals surface area contributed by atoms with Crippen LogP contribution in [0.15, 0.2) is 4.52 Å². The fourth-order valence-corrected chi connectivity index (χ4v) is 1.55. The summed E-state index contributed by atoms with van der Waals surface area (Å²) in [5.41, 5.74) is 5.39. The van der Waals surface area contributed by atoms with Crippen molar-refractivity contribution in [3.05, 3.63) is 11.7 Å². The van der Waals surface area contributed by atoms with E-state index in [0.717, 1.165) is 13.0 Å². The Kier molecular flexibility index (Phi) is 2.56. The van der Waals surface area contributed by atoms with Gasteiger partial charge in [0.1, 0.15) is 0 Å². The number of nitrogens with one attached hydrogen (secondary N) is 1. The molecule has 0 spiro atoms. The molecule has 0 saturated carbocycles. The average Bonchev–Trinajstić information content (AvgIpc) is 2.67. The van der Waals surface area contributed by atoms with E-state index in [4.69, 9.17) is 10.3 Å². The van der Waals surface area contributed by atoms with Crippen LogP contribution in [0, 0.1) is 0 Å². The van der Waals surface area contributed by atoms with Crippen LogP contribution >= 0.6 is 0 Å². The standard InChI is InChI=1S/C8H14N4O/c9-5-7-11-8(13-12-7)6-3-1-2-4-10-6/h6,10H,1-5,9H2. The van der Waals surface area contributed by atoms with E-state index in [-0.39, 0.29) is 6.04 Å². The van der Waals surface area contributed by atoms with Crippen molar-refractivity contribution in [3.8, 4) is 0 Å². The third-order valence-corrected chi connectivity index (χ3v) is 2.27. The Morgan fingerprint density at radius 3 is 3.08 bits per heavy atom. The summed E-state index contributed by atoms with van der Waals surface area (Å²) in [5, 5.41) is 7.09. The van der Waals surface area contributed by atoms with Crippen LogP contribution in [0.25, 0.3) is 0 Å². The van der Waals surface area contributed by atoms with Gasteiger partial charge in [0, 0.05) is 0 Å². The predicted octanol–water partition coefficient (Wildman–Crippen LogP) is 0.343. The highest BCUT2D eigenvalue weighted by Crippen LogP contribution is 2.20. The minimum atomic E-state index is 0.238. The molecule has 1 unspecified atom stereocenters. The number of hydrogen-bond donors (Lipinski definition) is 2. The number of nitrogens with two attached hydrogens (primary N) is 1. The number of rotatable bonds is 2. The summed E-state index contributed by atoms with van der Waals surface area (Å²) in [6.07, 6.45) is 3.53. The van der Waals surface area contributed by atoms with Gasteiger partial charge in [0.05, 0.1) is 12.6 Å². The summed E-state index contributed by atoms with van der Waals surface area (Å²) in [6.45, 7) is 1.38. The molecule has 0 radical (unpaired) electrons. The van der Waals surface area contributed by atoms with Crippen LogP contribution in [0.3, 0.4) is 0 Å². The Labute approximate surface area is 76.7 Å². The molecule has 1 aromatic rings. The monoisotopic (exact) mass is 182 g/mol. The minimum absolute atomic E-state index is 0.238. The normalized spacial score (nSPS) is 23.3. The molecular weight excluding hydrogens is 168 g/mol. The zero-order chi connectivity index (χ0) is 9.10. The zero-order valence-corrected chi connectivity index (χ0v) is 7.49. The third-order valence-electron chi connectivity index (χ3n) is 2.27. The van der Waals surface area contributed by atoms with Crippen LogP contribution in [0.5, 0.6) is 0 Å². The number of piperidine rings is 1. The number of hydrogen-bond acceptors (Lipinski definition) is 5. The van der Waals surface area contributed by atoms with Crippen molar-refractivity contribution < 1.29 is 4.52 Å². The van der Waals surface area contributed by atoms with Gasteiger partial charge >= 0.3 is 0 Å². The number of nitrogens with zero attached hydrogens (tertiary/aromatic N) is 2. The third kappa shape index (κ3) is 1.87. The molecule has 1 atom stereocenters. The molecule has 1 saturated heterocycles. The van der Waals surface area contributed by atoms with Crippen molar-refractivity contribution in [2.24, 2.45) is 5.73 Å². The Morgan fingerprint density at radius 2 is 2.46 bits per heavy atom. The van der Waals surface area contributed by atoms with Gasteiger partial charge in [0.15, 0.2) is 5.82 Å². The van der Waals surface area contributed by atoms with Crippen molar-refractivity contribution in [3.63, 3.8) is 0 Å². The molecule has 2 rings (SSSR count). The summed E-state index contributed by atoms with van der Waals surface area (Å²) in [6, 6.07) is 0.238. The molecule has 5 heteroatoms. The first-order valence-corrected chi connectivity index (χ1v) is 4.66. The van der Waals surface area contributed by atoms with Gasteiger partial charge in [-0.15, -0.1) is 0 Å². The largest absolute Gasteiger partial charge is 0.338 e. The SMILES string of the molecule is NCc1noc(C2CCCCN2)n1. The molecule has 72 valence electrons. The van der Waals surface area contributed by atoms with Crippen LogP contribution < -0.4 is 11.1 Å². The highest BCUT2D eigenvalue weighted by Gasteiger charge is 2.20. The van der Waals surface area contributed by atoms with Gasteiger partial charge in [-0.3, -0.25) is 0 Å². The lowest BCUT2D eigenvalue weighted by Crippen LogP contribution is -2.27. The Hall–Kier alpha value is -0.940. The fourth-order valence-electron chi connectivity index (χ4n) is 1.55. The second kappa shape index (κ2) is 3.85. The summed E-state index contributed by atoms with van der Waals surface area (Å²) in [4.78, 5) is 4.19. The van der Waals surface area contributed by atoms with Gasteiger partial charge in [0.2, 0.25) is 5.89 Å². The topological polar surface area (TPSA) is 77.0 Å². The molecule has 1 aromatic heterocycles. The molecule has 0 amide bonds. The summed E-state index contributed by atoms with van der Waals surface area (Å²) < 4.78 is 5.09. The minimum Gasteiger partial charge on any atom is -0.338 e. The van der Waals surface area contributed by atoms with E-state index in [1.165, 1.54) is 12.8 Å². The first kappa shape index (κ1) is 8.65. The predicted molar refractivity (Wildman–Crippen MR) is 46.8 cm³/mol. The van der Waals surface area contributed by atoms with Crippen LogP contribution in [0.4, 0.5) is 0 Å². The number of aromatic nitrogens is 2. The maximum atomic E-state index is 5.39. The molecule has 0 aromatic carbocycles. The Balaban J connectivity index is 2.05. The Morgan fingerprint density at radius 1 is 1.54 bits per heavy atom. The highest BCUT2D eigenvalue weighted by molar-refractivity contribution is 4.93. The Bertz CT molecular complexity index is 267. The first-order valence-electron chi connectivity index (χ1n) is 4.66. The maximum Gasteiger partial charge on any atom is 0.243 e. The van der Waals surface area contributed by atoms with E-state index in [0.29, 0.717) is 18.3 Å². The molecule has 1 aliphatic rings. The van der Waals surface area contributed by atoms with Gasteiger partial charge < -0.3 is 15.6 Å². The van der Waals surface area contributed by atoms with Crippen LogP contribution in [-0.4, -0.2) is 16.7 Å². The lowest BCUT2D eigenvalue weighted by molar-refractivity contribution is 0.296. The second-order valence-corrected chi connectivity index (χ2v) is 3.26. The zero-order valence-electron chi connectivity index (χ0n) is 7.49. The van der Waals surface area contributed by atoms with Crippen LogP contribution in [0.1, 0.15) is 37.0 Å². The van der Waals surface area contributed by atoms with Crippen molar-refractivity contribution in [1.82, 2.24) is 15.5 Å². The van der Waals surface area contributed by atoms with Gasteiger partial charge in [-0.25, -0.2) is 0 Å². The lowest BCUT2D eigenvalue weighted by atomic mass is 10.1. The highest BCUT2D eigenvalue weighted by atomic mass is 16.5.